The summed E-state index contributed by atoms with van der Waals surface area (Å²) in [5.41, 5.74) is 2.41. The molecule has 1 aliphatic rings. The number of rotatable bonds is 4. The van der Waals surface area contributed by atoms with Gasteiger partial charge in [0.25, 0.3) is 5.91 Å². The molecule has 0 bridgehead atoms. The fraction of sp³-hybridized carbons (Fsp3) is 0.467. The molecule has 4 nitrogen and oxygen atoms in total. The lowest BCUT2D eigenvalue weighted by Gasteiger charge is -2.11. The van der Waals surface area contributed by atoms with Crippen molar-refractivity contribution in [1.29, 1.82) is 0 Å². The monoisotopic (exact) mass is 289 g/mol. The number of aryl methyl sites for hydroxylation is 3. The number of fused-ring (bicyclic) bond motifs is 1. The first kappa shape index (κ1) is 13.4. The topological polar surface area (TPSA) is 46.9 Å². The molecule has 5 heteroatoms. The molecule has 0 radical (unpaired) electrons. The number of hydrogen-bond donors (Lipinski definition) is 1. The molecule has 0 saturated carbocycles. The molecule has 0 aliphatic heterocycles. The molecule has 2 aromatic rings. The number of thiophene rings is 1. The van der Waals surface area contributed by atoms with Crippen molar-refractivity contribution >= 4 is 17.2 Å². The predicted molar refractivity (Wildman–Crippen MR) is 80.1 cm³/mol. The van der Waals surface area contributed by atoms with E-state index in [0.717, 1.165) is 29.8 Å². The Morgan fingerprint density at radius 3 is 3.10 bits per heavy atom. The van der Waals surface area contributed by atoms with Crippen molar-refractivity contribution in [3.05, 3.63) is 39.3 Å². The smallest absolute Gasteiger partial charge is 0.261 e. The molecule has 1 aliphatic carbocycles. The van der Waals surface area contributed by atoms with Gasteiger partial charge in [-0.3, -0.25) is 9.48 Å². The van der Waals surface area contributed by atoms with Crippen LogP contribution in [0, 0.1) is 0 Å². The third-order valence-electron chi connectivity index (χ3n) is 3.80. The molecule has 2 aromatic heterocycles. The van der Waals surface area contributed by atoms with Crippen molar-refractivity contribution in [2.24, 2.45) is 0 Å². The van der Waals surface area contributed by atoms with Crippen molar-refractivity contribution in [2.45, 2.75) is 45.7 Å². The van der Waals surface area contributed by atoms with Crippen LogP contribution in [-0.2, 0) is 19.4 Å². The van der Waals surface area contributed by atoms with Gasteiger partial charge in [0.05, 0.1) is 17.1 Å². The maximum Gasteiger partial charge on any atom is 0.261 e. The Kier molecular flexibility index (Phi) is 3.61. The molecule has 3 rings (SSSR count). The second kappa shape index (κ2) is 5.40. The van der Waals surface area contributed by atoms with Gasteiger partial charge in [0.2, 0.25) is 0 Å². The van der Waals surface area contributed by atoms with Crippen LogP contribution in [0.5, 0.6) is 0 Å². The van der Waals surface area contributed by atoms with E-state index in [2.05, 4.69) is 16.5 Å². The highest BCUT2D eigenvalue weighted by Gasteiger charge is 2.20. The fourth-order valence-corrected chi connectivity index (χ4v) is 3.72. The van der Waals surface area contributed by atoms with E-state index in [0.29, 0.717) is 0 Å². The normalized spacial score (nSPS) is 15.1. The van der Waals surface area contributed by atoms with Crippen LogP contribution >= 0.6 is 11.3 Å². The summed E-state index contributed by atoms with van der Waals surface area (Å²) in [4.78, 5) is 14.5. The van der Waals surface area contributed by atoms with Gasteiger partial charge in [0.1, 0.15) is 0 Å². The highest BCUT2D eigenvalue weighted by atomic mass is 32.1. The van der Waals surface area contributed by atoms with E-state index < -0.39 is 0 Å². The Hall–Kier alpha value is -1.62. The van der Waals surface area contributed by atoms with Crippen LogP contribution in [0.15, 0.2) is 18.5 Å². The SMILES string of the molecule is CCn1cc(C(C)NC(=O)c2cc3c(s2)CCC3)cn1. The van der Waals surface area contributed by atoms with Gasteiger partial charge in [-0.25, -0.2) is 0 Å². The number of hydrogen-bond acceptors (Lipinski definition) is 3. The molecule has 0 spiro atoms. The van der Waals surface area contributed by atoms with Crippen LogP contribution in [0.25, 0.3) is 0 Å². The zero-order valence-corrected chi connectivity index (χ0v) is 12.7. The van der Waals surface area contributed by atoms with E-state index in [9.17, 15) is 4.79 Å². The van der Waals surface area contributed by atoms with Gasteiger partial charge >= 0.3 is 0 Å². The Bertz CT molecular complexity index is 607. The number of aromatic nitrogens is 2. The predicted octanol–water partition coefficient (Wildman–Crippen LogP) is 2.94. The van der Waals surface area contributed by atoms with Crippen LogP contribution in [0.4, 0.5) is 0 Å². The minimum Gasteiger partial charge on any atom is -0.345 e. The molecule has 1 amide bonds. The molecule has 0 fully saturated rings. The zero-order chi connectivity index (χ0) is 14.1. The largest absolute Gasteiger partial charge is 0.345 e. The first-order valence-electron chi connectivity index (χ1n) is 7.12. The summed E-state index contributed by atoms with van der Waals surface area (Å²) in [6.45, 7) is 4.89. The van der Waals surface area contributed by atoms with Gasteiger partial charge in [-0.05, 0) is 44.7 Å². The average Bonchev–Trinajstić information content (AvgIpc) is 3.13. The summed E-state index contributed by atoms with van der Waals surface area (Å²) in [6.07, 6.45) is 7.29. The molecular weight excluding hydrogens is 270 g/mol. The van der Waals surface area contributed by atoms with Crippen LogP contribution in [-0.4, -0.2) is 15.7 Å². The maximum absolute atomic E-state index is 12.3. The lowest BCUT2D eigenvalue weighted by atomic mass is 10.2. The minimum absolute atomic E-state index is 0.0141. The molecule has 1 N–H and O–H groups in total. The second-order valence-corrected chi connectivity index (χ2v) is 6.37. The Morgan fingerprint density at radius 2 is 2.40 bits per heavy atom. The third kappa shape index (κ3) is 2.50. The number of carbonyl (C=O) groups excluding carboxylic acids is 1. The van der Waals surface area contributed by atoms with Gasteiger partial charge in [-0.1, -0.05) is 0 Å². The van der Waals surface area contributed by atoms with Gasteiger partial charge in [0.15, 0.2) is 0 Å². The summed E-state index contributed by atoms with van der Waals surface area (Å²) >= 11 is 1.64. The van der Waals surface area contributed by atoms with Crippen LogP contribution in [0.3, 0.4) is 0 Å². The summed E-state index contributed by atoms with van der Waals surface area (Å²) in [5.74, 6) is 0.0288. The Morgan fingerprint density at radius 1 is 1.55 bits per heavy atom. The van der Waals surface area contributed by atoms with Crippen molar-refractivity contribution in [2.75, 3.05) is 0 Å². The maximum atomic E-state index is 12.3. The molecule has 2 heterocycles. The summed E-state index contributed by atoms with van der Waals surface area (Å²) in [7, 11) is 0. The molecule has 1 unspecified atom stereocenters. The van der Waals surface area contributed by atoms with Gasteiger partial charge in [-0.15, -0.1) is 11.3 Å². The van der Waals surface area contributed by atoms with E-state index in [-0.39, 0.29) is 11.9 Å². The van der Waals surface area contributed by atoms with E-state index in [1.165, 1.54) is 16.9 Å². The number of nitrogens with one attached hydrogen (secondary N) is 1. The molecule has 0 saturated heterocycles. The quantitative estimate of drug-likeness (QED) is 0.940. The van der Waals surface area contributed by atoms with E-state index in [1.54, 1.807) is 11.3 Å². The number of carbonyl (C=O) groups is 1. The second-order valence-electron chi connectivity index (χ2n) is 5.24. The lowest BCUT2D eigenvalue weighted by molar-refractivity contribution is 0.0944. The van der Waals surface area contributed by atoms with Crippen molar-refractivity contribution < 1.29 is 4.79 Å². The van der Waals surface area contributed by atoms with Crippen LogP contribution in [0.2, 0.25) is 0 Å². The van der Waals surface area contributed by atoms with E-state index in [1.807, 2.05) is 30.9 Å². The standard InChI is InChI=1S/C15H19N3OS/c1-3-18-9-12(8-16-18)10(2)17-15(19)14-7-11-5-4-6-13(11)20-14/h7-10H,3-6H2,1-2H3,(H,17,19). The Labute approximate surface area is 122 Å². The number of nitrogens with zero attached hydrogens (tertiary/aromatic N) is 2. The third-order valence-corrected chi connectivity index (χ3v) is 5.03. The van der Waals surface area contributed by atoms with E-state index >= 15 is 0 Å². The van der Waals surface area contributed by atoms with Crippen molar-refractivity contribution in [3.63, 3.8) is 0 Å². The minimum atomic E-state index is -0.0141. The highest BCUT2D eigenvalue weighted by molar-refractivity contribution is 7.14. The zero-order valence-electron chi connectivity index (χ0n) is 11.8. The van der Waals surface area contributed by atoms with E-state index in [4.69, 9.17) is 0 Å². The Balaban J connectivity index is 1.68. The molecular formula is C15H19N3OS. The average molecular weight is 289 g/mol. The van der Waals surface area contributed by atoms with Gasteiger partial charge < -0.3 is 5.32 Å². The molecule has 0 aromatic carbocycles. The first-order valence-corrected chi connectivity index (χ1v) is 7.94. The van der Waals surface area contributed by atoms with Gasteiger partial charge in [-0.2, -0.15) is 5.10 Å². The highest BCUT2D eigenvalue weighted by Crippen LogP contribution is 2.30. The number of amides is 1. The summed E-state index contributed by atoms with van der Waals surface area (Å²) in [5, 5.41) is 7.30. The first-order chi connectivity index (χ1) is 9.67. The molecule has 20 heavy (non-hydrogen) atoms. The van der Waals surface area contributed by atoms with Crippen LogP contribution in [0.1, 0.15) is 52.0 Å². The lowest BCUT2D eigenvalue weighted by Crippen LogP contribution is -2.25. The van der Waals surface area contributed by atoms with Crippen molar-refractivity contribution in [1.82, 2.24) is 15.1 Å². The van der Waals surface area contributed by atoms with Gasteiger partial charge in [0, 0.05) is 23.2 Å². The summed E-state index contributed by atoms with van der Waals surface area (Å²) in [6, 6.07) is 2.05. The van der Waals surface area contributed by atoms with Crippen LogP contribution < -0.4 is 5.32 Å². The van der Waals surface area contributed by atoms with Crippen molar-refractivity contribution in [3.8, 4) is 0 Å². The molecule has 106 valence electrons. The fourth-order valence-electron chi connectivity index (χ4n) is 2.57. The molecule has 1 atom stereocenters. The summed E-state index contributed by atoms with van der Waals surface area (Å²) < 4.78 is 1.87.